The molecule has 3 rings (SSSR count). The van der Waals surface area contributed by atoms with Crippen molar-refractivity contribution in [3.8, 4) is 11.5 Å². The number of hydrogen-bond acceptors (Lipinski definition) is 4. The number of nitrogens with zero attached hydrogens (tertiary/aromatic N) is 1. The summed E-state index contributed by atoms with van der Waals surface area (Å²) in [6, 6.07) is 8.45. The molecule has 1 saturated heterocycles. The number of ether oxygens (including phenoxy) is 1. The molecule has 0 aliphatic carbocycles. The van der Waals surface area contributed by atoms with Crippen LogP contribution >= 0.6 is 47.8 Å². The van der Waals surface area contributed by atoms with E-state index in [1.54, 1.807) is 6.07 Å². The van der Waals surface area contributed by atoms with Crippen molar-refractivity contribution in [2.75, 3.05) is 7.11 Å². The maximum absolute atomic E-state index is 12.7. The Kier molecular flexibility index (Phi) is 5.92. The lowest BCUT2D eigenvalue weighted by molar-refractivity contribution is -0.123. The number of nitrogens with one attached hydrogen (secondary N) is 1. The van der Waals surface area contributed by atoms with Gasteiger partial charge in [0.05, 0.1) is 18.1 Å². The molecule has 3 amide bonds. The molecule has 0 unspecified atom stereocenters. The highest BCUT2D eigenvalue weighted by Gasteiger charge is 2.33. The third-order valence-electron chi connectivity index (χ3n) is 3.91. The van der Waals surface area contributed by atoms with Gasteiger partial charge in [-0.3, -0.25) is 9.69 Å². The van der Waals surface area contributed by atoms with E-state index in [9.17, 15) is 14.7 Å². The standard InChI is InChI=1S/C18H13Br3N2O4/c1-27-13-7-10(14(20)15(21)16(13)24)6-12-17(25)23(18(26)22-12)8-9-2-4-11(19)5-3-9/h2-7,24H,8H2,1H3,(H,22,26)/b12-6+. The topological polar surface area (TPSA) is 78.9 Å². The molecule has 0 bridgehead atoms. The minimum atomic E-state index is -0.491. The van der Waals surface area contributed by atoms with Crippen LogP contribution in [0.25, 0.3) is 6.08 Å². The summed E-state index contributed by atoms with van der Waals surface area (Å²) in [5.74, 6) is -0.261. The van der Waals surface area contributed by atoms with Gasteiger partial charge in [-0.1, -0.05) is 28.1 Å². The van der Waals surface area contributed by atoms with Gasteiger partial charge in [0.2, 0.25) is 0 Å². The summed E-state index contributed by atoms with van der Waals surface area (Å²) in [6.45, 7) is 0.166. The van der Waals surface area contributed by atoms with Crippen LogP contribution in [0.5, 0.6) is 11.5 Å². The number of urea groups is 1. The minimum Gasteiger partial charge on any atom is -0.503 e. The van der Waals surface area contributed by atoms with E-state index in [-0.39, 0.29) is 23.7 Å². The second-order valence-corrected chi connectivity index (χ2v) is 8.15. The van der Waals surface area contributed by atoms with Crippen LogP contribution in [0.15, 0.2) is 49.4 Å². The van der Waals surface area contributed by atoms with Gasteiger partial charge >= 0.3 is 6.03 Å². The molecule has 0 aromatic heterocycles. The van der Waals surface area contributed by atoms with Crippen molar-refractivity contribution >= 4 is 65.8 Å². The first-order valence-corrected chi connectivity index (χ1v) is 10.0. The highest BCUT2D eigenvalue weighted by Crippen LogP contribution is 2.42. The van der Waals surface area contributed by atoms with Crippen LogP contribution in [0.3, 0.4) is 0 Å². The summed E-state index contributed by atoms with van der Waals surface area (Å²) >= 11 is 9.98. The van der Waals surface area contributed by atoms with Gasteiger partial charge < -0.3 is 15.2 Å². The Morgan fingerprint density at radius 2 is 1.81 bits per heavy atom. The minimum absolute atomic E-state index is 0.0647. The largest absolute Gasteiger partial charge is 0.503 e. The molecule has 0 saturated carbocycles. The molecule has 1 aliphatic heterocycles. The molecule has 9 heteroatoms. The third-order valence-corrected chi connectivity index (χ3v) is 6.60. The summed E-state index contributed by atoms with van der Waals surface area (Å²) < 4.78 is 6.96. The average Bonchev–Trinajstić information content (AvgIpc) is 2.91. The van der Waals surface area contributed by atoms with Crippen molar-refractivity contribution < 1.29 is 19.4 Å². The van der Waals surface area contributed by atoms with Gasteiger partial charge in [-0.05, 0) is 67.3 Å². The van der Waals surface area contributed by atoms with Gasteiger partial charge in [-0.15, -0.1) is 0 Å². The predicted octanol–water partition coefficient (Wildman–Crippen LogP) is 4.78. The van der Waals surface area contributed by atoms with Crippen molar-refractivity contribution in [1.29, 1.82) is 0 Å². The zero-order valence-corrected chi connectivity index (χ0v) is 18.7. The summed E-state index contributed by atoms with van der Waals surface area (Å²) in [4.78, 5) is 26.0. The average molecular weight is 561 g/mol. The van der Waals surface area contributed by atoms with Crippen LogP contribution < -0.4 is 10.1 Å². The fourth-order valence-electron chi connectivity index (χ4n) is 2.52. The van der Waals surface area contributed by atoms with E-state index in [4.69, 9.17) is 4.74 Å². The van der Waals surface area contributed by atoms with Crippen molar-refractivity contribution in [1.82, 2.24) is 10.2 Å². The van der Waals surface area contributed by atoms with Crippen molar-refractivity contribution in [2.24, 2.45) is 0 Å². The zero-order chi connectivity index (χ0) is 19.7. The van der Waals surface area contributed by atoms with E-state index in [0.29, 0.717) is 14.5 Å². The van der Waals surface area contributed by atoms with E-state index in [2.05, 4.69) is 53.1 Å². The van der Waals surface area contributed by atoms with Gasteiger partial charge in [0.15, 0.2) is 11.5 Å². The Balaban J connectivity index is 1.90. The molecule has 0 atom stereocenters. The summed E-state index contributed by atoms with van der Waals surface area (Å²) in [5.41, 5.74) is 1.53. The third kappa shape index (κ3) is 4.04. The Morgan fingerprint density at radius 1 is 1.15 bits per heavy atom. The number of carbonyl (C=O) groups is 2. The Hall–Kier alpha value is -1.84. The Bertz CT molecular complexity index is 958. The molecule has 0 spiro atoms. The number of halogens is 3. The van der Waals surface area contributed by atoms with Gasteiger partial charge in [-0.2, -0.15) is 0 Å². The smallest absolute Gasteiger partial charge is 0.329 e. The van der Waals surface area contributed by atoms with Gasteiger partial charge in [0, 0.05) is 8.95 Å². The number of benzene rings is 2. The number of carbonyl (C=O) groups excluding carboxylic acids is 2. The fourth-order valence-corrected chi connectivity index (χ4v) is 3.62. The fraction of sp³-hybridized carbons (Fsp3) is 0.111. The van der Waals surface area contributed by atoms with Crippen LogP contribution in [-0.2, 0) is 11.3 Å². The maximum atomic E-state index is 12.7. The molecule has 2 aromatic rings. The number of hydrogen-bond donors (Lipinski definition) is 2. The van der Waals surface area contributed by atoms with E-state index in [1.165, 1.54) is 13.2 Å². The Morgan fingerprint density at radius 3 is 2.44 bits per heavy atom. The van der Waals surface area contributed by atoms with E-state index < -0.39 is 11.9 Å². The van der Waals surface area contributed by atoms with Crippen molar-refractivity contribution in [3.05, 3.63) is 60.6 Å². The van der Waals surface area contributed by atoms with Gasteiger partial charge in [0.1, 0.15) is 5.70 Å². The second kappa shape index (κ2) is 8.04. The van der Waals surface area contributed by atoms with Crippen molar-refractivity contribution in [3.63, 3.8) is 0 Å². The summed E-state index contributed by atoms with van der Waals surface area (Å²) in [6.07, 6.45) is 1.53. The molecule has 27 heavy (non-hydrogen) atoms. The predicted molar refractivity (Wildman–Crippen MR) is 111 cm³/mol. The molecule has 140 valence electrons. The normalized spacial score (nSPS) is 15.4. The lowest BCUT2D eigenvalue weighted by Gasteiger charge is -2.12. The number of aromatic hydroxyl groups is 1. The number of phenols is 1. The molecule has 1 fully saturated rings. The number of methoxy groups -OCH3 is 1. The van der Waals surface area contributed by atoms with E-state index in [1.807, 2.05) is 24.3 Å². The number of imide groups is 1. The number of rotatable bonds is 4. The van der Waals surface area contributed by atoms with Crippen LogP contribution in [0.1, 0.15) is 11.1 Å². The lowest BCUT2D eigenvalue weighted by atomic mass is 10.1. The second-order valence-electron chi connectivity index (χ2n) is 5.65. The first-order chi connectivity index (χ1) is 12.8. The molecule has 0 radical (unpaired) electrons. The molecular weight excluding hydrogens is 548 g/mol. The zero-order valence-electron chi connectivity index (χ0n) is 13.9. The van der Waals surface area contributed by atoms with Crippen LogP contribution in [0.2, 0.25) is 0 Å². The molecule has 1 heterocycles. The summed E-state index contributed by atoms with van der Waals surface area (Å²) in [7, 11) is 1.43. The van der Waals surface area contributed by atoms with Crippen LogP contribution in [0.4, 0.5) is 4.79 Å². The number of amides is 3. The monoisotopic (exact) mass is 558 g/mol. The molecule has 2 aromatic carbocycles. The van der Waals surface area contributed by atoms with E-state index in [0.717, 1.165) is 14.9 Å². The molecule has 1 aliphatic rings. The SMILES string of the molecule is COc1cc(/C=C2/NC(=O)N(Cc3ccc(Br)cc3)C2=O)c(Br)c(Br)c1O. The molecule has 6 nitrogen and oxygen atoms in total. The van der Waals surface area contributed by atoms with Crippen LogP contribution in [0, 0.1) is 0 Å². The number of phenolic OH excluding ortho intramolecular Hbond substituents is 1. The summed E-state index contributed by atoms with van der Waals surface area (Å²) in [5, 5.41) is 12.6. The van der Waals surface area contributed by atoms with Crippen molar-refractivity contribution in [2.45, 2.75) is 6.54 Å². The first-order valence-electron chi connectivity index (χ1n) is 7.65. The van der Waals surface area contributed by atoms with Gasteiger partial charge in [0.25, 0.3) is 5.91 Å². The highest BCUT2D eigenvalue weighted by atomic mass is 79.9. The lowest BCUT2D eigenvalue weighted by Crippen LogP contribution is -2.30. The molecule has 2 N–H and O–H groups in total. The van der Waals surface area contributed by atoms with E-state index >= 15 is 0 Å². The van der Waals surface area contributed by atoms with Crippen LogP contribution in [-0.4, -0.2) is 29.1 Å². The quantitative estimate of drug-likeness (QED) is 0.417. The van der Waals surface area contributed by atoms with Gasteiger partial charge in [-0.25, -0.2) is 4.79 Å². The highest BCUT2D eigenvalue weighted by molar-refractivity contribution is 9.13. The maximum Gasteiger partial charge on any atom is 0.329 e. The molecular formula is C18H13Br3N2O4. The first kappa shape index (κ1) is 19.9. The Labute approximate surface area is 180 Å².